The fraction of sp³-hybridized carbons (Fsp3) is 0. The van der Waals surface area contributed by atoms with E-state index in [0.717, 1.165) is 26.4 Å². The summed E-state index contributed by atoms with van der Waals surface area (Å²) in [7, 11) is 0. The van der Waals surface area contributed by atoms with Gasteiger partial charge in [0.05, 0.1) is 2.74 Å². The lowest BCUT2D eigenvalue weighted by Gasteiger charge is -2.20. The van der Waals surface area contributed by atoms with E-state index in [4.69, 9.17) is 2.74 Å². The van der Waals surface area contributed by atoms with Crippen molar-refractivity contribution in [2.24, 2.45) is 0 Å². The molecule has 0 radical (unpaired) electrons. The number of thiophene rings is 1. The Morgan fingerprint density at radius 3 is 1.82 bits per heavy atom. The minimum absolute atomic E-state index is 0.529. The van der Waals surface area contributed by atoms with Crippen LogP contribution in [0.15, 0.2) is 182 Å². The van der Waals surface area contributed by atoms with Gasteiger partial charge in [0.1, 0.15) is 0 Å². The minimum Gasteiger partial charge on any atom is -0.135 e. The molecule has 0 nitrogen and oxygen atoms in total. The molecule has 0 aliphatic rings. The van der Waals surface area contributed by atoms with Gasteiger partial charge >= 0.3 is 0 Å². The van der Waals surface area contributed by atoms with Gasteiger partial charge in [-0.2, -0.15) is 0 Å². The Bertz CT molecular complexity index is 2950. The zero-order valence-electron chi connectivity index (χ0n) is 28.6. The lowest BCUT2D eigenvalue weighted by atomic mass is 9.83. The molecule has 0 spiro atoms. The fourth-order valence-electron chi connectivity index (χ4n) is 7.76. The summed E-state index contributed by atoms with van der Waals surface area (Å²) >= 11 is 1.71. The number of rotatable bonds is 4. The van der Waals surface area contributed by atoms with Gasteiger partial charge in [0, 0.05) is 20.2 Å². The average Bonchev–Trinajstić information content (AvgIpc) is 3.57. The van der Waals surface area contributed by atoms with E-state index in [1.54, 1.807) is 11.3 Å². The molecule has 49 heavy (non-hydrogen) atoms. The Hall–Kier alpha value is -6.02. The summed E-state index contributed by atoms with van der Waals surface area (Å²) in [6, 6.07) is 61.5. The first-order chi connectivity index (χ1) is 25.1. The van der Waals surface area contributed by atoms with Crippen LogP contribution in [0.25, 0.3) is 97.0 Å². The van der Waals surface area contributed by atoms with Gasteiger partial charge < -0.3 is 0 Å². The minimum atomic E-state index is 0.529. The van der Waals surface area contributed by atoms with Crippen LogP contribution >= 0.6 is 11.3 Å². The summed E-state index contributed by atoms with van der Waals surface area (Å²) in [5, 5.41) is 9.46. The molecule has 0 bridgehead atoms. The van der Waals surface area contributed by atoms with Gasteiger partial charge in [-0.15, -0.1) is 11.3 Å². The van der Waals surface area contributed by atoms with Crippen LogP contribution in [0, 0.1) is 0 Å². The van der Waals surface area contributed by atoms with E-state index in [1.807, 2.05) is 30.3 Å². The Labute approximate surface area is 292 Å². The fourth-order valence-corrected chi connectivity index (χ4v) is 8.85. The molecule has 10 rings (SSSR count). The van der Waals surface area contributed by atoms with Crippen molar-refractivity contribution in [2.45, 2.75) is 0 Å². The lowest BCUT2D eigenvalue weighted by molar-refractivity contribution is 1.62. The molecular weight excluding hydrogens is 609 g/mol. The first-order valence-electron chi connectivity index (χ1n) is 17.7. The molecule has 9 aromatic carbocycles. The third kappa shape index (κ3) is 4.51. The van der Waals surface area contributed by atoms with E-state index >= 15 is 0 Å². The standard InChI is InChI=1S/C48H30S/c1-2-14-32-29-34(28-27-31(32)13-1)33-15-11-16-35(30-33)46-39-19-5-7-21-41(39)47(42-22-8-6-20-40(42)46)37-18-4-3-17-36(37)38-24-12-26-45-48(38)43-23-9-10-25-44(43)49-45/h1-30H/i1D,25D. The average molecular weight is 641 g/mol. The molecule has 1 aromatic heterocycles. The molecule has 1 heterocycles. The van der Waals surface area contributed by atoms with E-state index in [0.29, 0.717) is 12.1 Å². The van der Waals surface area contributed by atoms with Gasteiger partial charge in [-0.1, -0.05) is 158 Å². The number of hydrogen-bond donors (Lipinski definition) is 0. The van der Waals surface area contributed by atoms with Crippen LogP contribution in [0.2, 0.25) is 0 Å². The van der Waals surface area contributed by atoms with Crippen LogP contribution in [0.4, 0.5) is 0 Å². The van der Waals surface area contributed by atoms with Crippen LogP contribution in [0.1, 0.15) is 2.74 Å². The third-order valence-corrected chi connectivity index (χ3v) is 11.0. The molecule has 0 aliphatic carbocycles. The lowest BCUT2D eigenvalue weighted by Crippen LogP contribution is -1.93. The molecule has 0 aliphatic heterocycles. The summed E-state index contributed by atoms with van der Waals surface area (Å²) < 4.78 is 18.9. The van der Waals surface area contributed by atoms with Crippen LogP contribution in [0.3, 0.4) is 0 Å². The summed E-state index contributed by atoms with van der Waals surface area (Å²) in [5.74, 6) is 0. The predicted octanol–water partition coefficient (Wildman–Crippen LogP) is 14.2. The molecule has 0 N–H and O–H groups in total. The first kappa shape index (κ1) is 26.0. The van der Waals surface area contributed by atoms with Gasteiger partial charge in [-0.3, -0.25) is 0 Å². The third-order valence-electron chi connectivity index (χ3n) is 9.91. The van der Waals surface area contributed by atoms with Crippen molar-refractivity contribution in [1.82, 2.24) is 0 Å². The van der Waals surface area contributed by atoms with Crippen molar-refractivity contribution >= 4 is 63.8 Å². The van der Waals surface area contributed by atoms with E-state index in [9.17, 15) is 0 Å². The molecule has 0 amide bonds. The zero-order valence-corrected chi connectivity index (χ0v) is 27.4. The van der Waals surface area contributed by atoms with Crippen LogP contribution in [0.5, 0.6) is 0 Å². The van der Waals surface area contributed by atoms with Crippen molar-refractivity contribution in [3.8, 4) is 44.5 Å². The highest BCUT2D eigenvalue weighted by atomic mass is 32.1. The van der Waals surface area contributed by atoms with E-state index in [-0.39, 0.29) is 0 Å². The topological polar surface area (TPSA) is 0 Å². The maximum atomic E-state index is 8.63. The van der Waals surface area contributed by atoms with Crippen LogP contribution in [-0.2, 0) is 0 Å². The highest BCUT2D eigenvalue weighted by Gasteiger charge is 2.20. The monoisotopic (exact) mass is 640 g/mol. The highest BCUT2D eigenvalue weighted by molar-refractivity contribution is 7.25. The highest BCUT2D eigenvalue weighted by Crippen LogP contribution is 2.48. The van der Waals surface area contributed by atoms with E-state index in [2.05, 4.69) is 140 Å². The largest absolute Gasteiger partial charge is 0.135 e. The maximum absolute atomic E-state index is 8.63. The molecule has 0 saturated heterocycles. The number of fused-ring (bicyclic) bond motifs is 6. The van der Waals surface area contributed by atoms with E-state index in [1.165, 1.54) is 70.6 Å². The number of benzene rings is 9. The van der Waals surface area contributed by atoms with Gasteiger partial charge in [0.25, 0.3) is 0 Å². The zero-order chi connectivity index (χ0) is 34.1. The SMILES string of the molecule is [2H]c1ccc2cc(-c3cccc(-c4c5ccccc5c(-c5ccccc5-c5cccc6sc7c([2H])cccc7c56)c5ccccc45)c3)ccc2c1. The molecular formula is C48H30S. The normalized spacial score (nSPS) is 12.2. The van der Waals surface area contributed by atoms with Gasteiger partial charge in [-0.25, -0.2) is 0 Å². The molecule has 10 aromatic rings. The van der Waals surface area contributed by atoms with Crippen molar-refractivity contribution in [3.05, 3.63) is 182 Å². The second-order valence-corrected chi connectivity index (χ2v) is 13.7. The Balaban J connectivity index is 1.22. The van der Waals surface area contributed by atoms with Crippen molar-refractivity contribution in [2.75, 3.05) is 0 Å². The summed E-state index contributed by atoms with van der Waals surface area (Å²) in [6.07, 6.45) is 0. The van der Waals surface area contributed by atoms with Gasteiger partial charge in [-0.05, 0) is 101 Å². The molecule has 0 unspecified atom stereocenters. The van der Waals surface area contributed by atoms with Crippen molar-refractivity contribution in [1.29, 1.82) is 0 Å². The summed E-state index contributed by atoms with van der Waals surface area (Å²) in [5.41, 5.74) is 9.56. The van der Waals surface area contributed by atoms with Crippen LogP contribution < -0.4 is 0 Å². The second-order valence-electron chi connectivity index (χ2n) is 12.6. The molecule has 1 heteroatoms. The van der Waals surface area contributed by atoms with Crippen molar-refractivity contribution in [3.63, 3.8) is 0 Å². The smallest absolute Gasteiger partial charge is 0.0638 e. The van der Waals surface area contributed by atoms with Crippen molar-refractivity contribution < 1.29 is 2.74 Å². The molecule has 0 fully saturated rings. The first-order valence-corrected chi connectivity index (χ1v) is 17.5. The van der Waals surface area contributed by atoms with E-state index < -0.39 is 0 Å². The number of hydrogen-bond acceptors (Lipinski definition) is 1. The Morgan fingerprint density at radius 2 is 1.00 bits per heavy atom. The molecule has 0 saturated carbocycles. The maximum Gasteiger partial charge on any atom is 0.0638 e. The summed E-state index contributed by atoms with van der Waals surface area (Å²) in [6.45, 7) is 0. The van der Waals surface area contributed by atoms with Crippen LogP contribution in [-0.4, -0.2) is 0 Å². The van der Waals surface area contributed by atoms with Gasteiger partial charge in [0.15, 0.2) is 0 Å². The van der Waals surface area contributed by atoms with Gasteiger partial charge in [0.2, 0.25) is 0 Å². The Kier molecular flexibility index (Phi) is 6.00. The summed E-state index contributed by atoms with van der Waals surface area (Å²) in [4.78, 5) is 0. The molecule has 228 valence electrons. The predicted molar refractivity (Wildman–Crippen MR) is 214 cm³/mol. The Morgan fingerprint density at radius 1 is 0.367 bits per heavy atom. The second kappa shape index (κ2) is 11.3. The quantitative estimate of drug-likeness (QED) is 0.168. The molecule has 0 atom stereocenters.